The second-order valence-corrected chi connectivity index (χ2v) is 14.3. The molecular formula is C39H46N6O6. The maximum Gasteiger partial charge on any atom is 0.276 e. The third-order valence-corrected chi connectivity index (χ3v) is 10.9. The molecule has 4 aromatic rings. The number of aryl methyl sites for hydroxylation is 1. The fourth-order valence-corrected chi connectivity index (χ4v) is 7.94. The quantitative estimate of drug-likeness (QED) is 0.220. The lowest BCUT2D eigenvalue weighted by Gasteiger charge is -2.41. The van der Waals surface area contributed by atoms with Gasteiger partial charge in [0.05, 0.1) is 39.4 Å². The molecule has 2 N–H and O–H groups in total. The minimum Gasteiger partial charge on any atom is -0.496 e. The van der Waals surface area contributed by atoms with Gasteiger partial charge in [0.1, 0.15) is 22.8 Å². The maximum absolute atomic E-state index is 13.2. The van der Waals surface area contributed by atoms with E-state index in [0.717, 1.165) is 91.1 Å². The summed E-state index contributed by atoms with van der Waals surface area (Å²) in [4.78, 5) is 53.7. The summed E-state index contributed by atoms with van der Waals surface area (Å²) >= 11 is 0. The summed E-state index contributed by atoms with van der Waals surface area (Å²) in [6, 6.07) is 12.0. The number of pyridine rings is 1. The Hall–Kier alpha value is -4.97. The molecule has 2 aromatic carbocycles. The number of rotatable bonds is 11. The minimum absolute atomic E-state index is 0.0262. The van der Waals surface area contributed by atoms with Gasteiger partial charge in [0.15, 0.2) is 5.78 Å². The maximum atomic E-state index is 13.2. The second kappa shape index (κ2) is 14.7. The van der Waals surface area contributed by atoms with Crippen LogP contribution < -0.4 is 20.3 Å². The molecule has 2 saturated heterocycles. The molecule has 268 valence electrons. The van der Waals surface area contributed by atoms with E-state index in [9.17, 15) is 19.2 Å². The van der Waals surface area contributed by atoms with Crippen LogP contribution in [0.25, 0.3) is 22.0 Å². The second-order valence-electron chi connectivity index (χ2n) is 14.3. The van der Waals surface area contributed by atoms with Gasteiger partial charge in [-0.25, -0.2) is 0 Å². The number of aromatic amines is 1. The number of likely N-dealkylation sites (tertiary alicyclic amines) is 2. The van der Waals surface area contributed by atoms with Crippen LogP contribution >= 0.6 is 0 Å². The number of carbonyl (C=O) groups excluding carboxylic acids is 3. The molecule has 2 aromatic heterocycles. The van der Waals surface area contributed by atoms with E-state index in [1.165, 1.54) is 5.56 Å². The largest absolute Gasteiger partial charge is 0.496 e. The van der Waals surface area contributed by atoms with Crippen LogP contribution in [0.1, 0.15) is 55.6 Å². The van der Waals surface area contributed by atoms with E-state index >= 15 is 0 Å². The number of Topliss-reactive ketones (excluding diaryl/α,β-unsaturated/α-hetero) is 2. The van der Waals surface area contributed by atoms with Crippen LogP contribution in [-0.2, 0) is 27.9 Å². The number of ether oxygens (including phenoxy) is 2. The van der Waals surface area contributed by atoms with Gasteiger partial charge in [-0.05, 0) is 79.3 Å². The summed E-state index contributed by atoms with van der Waals surface area (Å²) in [5.74, 6) is 2.58. The Morgan fingerprint density at radius 1 is 1.00 bits per heavy atom. The number of ketones is 2. The number of benzene rings is 2. The zero-order valence-corrected chi connectivity index (χ0v) is 29.6. The molecule has 1 saturated carbocycles. The van der Waals surface area contributed by atoms with Crippen LogP contribution in [0, 0.1) is 5.92 Å². The highest BCUT2D eigenvalue weighted by Gasteiger charge is 2.32. The van der Waals surface area contributed by atoms with Gasteiger partial charge in [0, 0.05) is 68.0 Å². The van der Waals surface area contributed by atoms with Crippen molar-refractivity contribution in [2.24, 2.45) is 13.0 Å². The average molecular weight is 695 g/mol. The normalized spacial score (nSPS) is 19.0. The first kappa shape index (κ1) is 34.5. The summed E-state index contributed by atoms with van der Waals surface area (Å²) in [5.41, 5.74) is 5.24. The van der Waals surface area contributed by atoms with Crippen molar-refractivity contribution in [1.29, 1.82) is 0 Å². The summed E-state index contributed by atoms with van der Waals surface area (Å²) in [6.45, 7) is 3.75. The third kappa shape index (κ3) is 7.28. The number of methoxy groups -OCH3 is 2. The van der Waals surface area contributed by atoms with Gasteiger partial charge >= 0.3 is 0 Å². The lowest BCUT2D eigenvalue weighted by Crippen LogP contribution is -2.52. The highest BCUT2D eigenvalue weighted by atomic mass is 16.5. The molecule has 1 atom stereocenters. The van der Waals surface area contributed by atoms with Crippen LogP contribution in [0.3, 0.4) is 0 Å². The minimum atomic E-state index is -0.287. The van der Waals surface area contributed by atoms with Crippen molar-refractivity contribution in [3.63, 3.8) is 0 Å². The van der Waals surface area contributed by atoms with Gasteiger partial charge < -0.3 is 24.3 Å². The highest BCUT2D eigenvalue weighted by Crippen LogP contribution is 2.38. The fourth-order valence-electron chi connectivity index (χ4n) is 7.94. The van der Waals surface area contributed by atoms with Crippen LogP contribution in [0.15, 0.2) is 53.6 Å². The van der Waals surface area contributed by atoms with E-state index in [4.69, 9.17) is 9.47 Å². The molecule has 2 aliphatic heterocycles. The Kier molecular flexibility index (Phi) is 9.95. The first-order valence-corrected chi connectivity index (χ1v) is 17.9. The fraction of sp³-hybridized carbons (Fsp3) is 0.462. The number of piperidine rings is 1. The predicted molar refractivity (Wildman–Crippen MR) is 194 cm³/mol. The van der Waals surface area contributed by atoms with E-state index in [2.05, 4.69) is 32.5 Å². The van der Waals surface area contributed by atoms with Crippen molar-refractivity contribution in [1.82, 2.24) is 24.6 Å². The van der Waals surface area contributed by atoms with Crippen molar-refractivity contribution in [3.05, 3.63) is 70.3 Å². The highest BCUT2D eigenvalue weighted by molar-refractivity contribution is 6.05. The van der Waals surface area contributed by atoms with Gasteiger partial charge in [-0.15, -0.1) is 0 Å². The smallest absolute Gasteiger partial charge is 0.276 e. The van der Waals surface area contributed by atoms with E-state index < -0.39 is 0 Å². The number of fused-ring (bicyclic) bond motifs is 1. The Bertz CT molecular complexity index is 1960. The van der Waals surface area contributed by atoms with Gasteiger partial charge in [0.2, 0.25) is 5.91 Å². The zero-order chi connectivity index (χ0) is 35.6. The Morgan fingerprint density at radius 2 is 1.71 bits per heavy atom. The molecule has 12 heteroatoms. The molecule has 4 heterocycles. The van der Waals surface area contributed by atoms with E-state index in [0.29, 0.717) is 36.7 Å². The molecule has 12 nitrogen and oxygen atoms in total. The number of anilines is 1. The Morgan fingerprint density at radius 3 is 2.37 bits per heavy atom. The molecule has 51 heavy (non-hydrogen) atoms. The monoisotopic (exact) mass is 694 g/mol. The molecule has 3 fully saturated rings. The molecule has 1 amide bonds. The predicted octanol–water partition coefficient (Wildman–Crippen LogP) is 4.32. The SMILES string of the molecule is COc1cc(-c2cn(C)c(=O)c3[nH]ncc23)cc(OC)c1CCC1CN(CC(=O)N2CCC(c3ccc(NC4CCC(=O)CC4=O)cc3)CC2)C1. The molecule has 3 aliphatic rings. The van der Waals surface area contributed by atoms with Crippen molar-refractivity contribution in [2.45, 2.75) is 56.9 Å². The summed E-state index contributed by atoms with van der Waals surface area (Å²) in [7, 11) is 5.05. The molecule has 1 aliphatic carbocycles. The lowest BCUT2D eigenvalue weighted by atomic mass is 9.89. The summed E-state index contributed by atoms with van der Waals surface area (Å²) in [6.07, 6.45) is 8.14. The molecule has 0 bridgehead atoms. The molecule has 7 rings (SSSR count). The van der Waals surface area contributed by atoms with Gasteiger partial charge in [-0.1, -0.05) is 12.1 Å². The van der Waals surface area contributed by atoms with Crippen molar-refractivity contribution >= 4 is 34.1 Å². The number of nitrogens with zero attached hydrogens (tertiary/aromatic N) is 4. The molecule has 0 radical (unpaired) electrons. The van der Waals surface area contributed by atoms with Crippen LogP contribution in [0.2, 0.25) is 0 Å². The van der Waals surface area contributed by atoms with Gasteiger partial charge in [-0.3, -0.25) is 29.2 Å². The summed E-state index contributed by atoms with van der Waals surface area (Å²) in [5, 5.41) is 11.0. The number of aromatic nitrogens is 3. The number of nitrogens with one attached hydrogen (secondary N) is 2. The van der Waals surface area contributed by atoms with E-state index in [1.807, 2.05) is 35.4 Å². The zero-order valence-electron chi connectivity index (χ0n) is 29.6. The third-order valence-electron chi connectivity index (χ3n) is 10.9. The number of carbonyl (C=O) groups is 3. The van der Waals surface area contributed by atoms with Crippen molar-refractivity contribution in [3.8, 4) is 22.6 Å². The van der Waals surface area contributed by atoms with E-state index in [1.54, 1.807) is 32.0 Å². The summed E-state index contributed by atoms with van der Waals surface area (Å²) < 4.78 is 13.2. The topological polar surface area (TPSA) is 139 Å². The Labute approximate surface area is 297 Å². The van der Waals surface area contributed by atoms with E-state index in [-0.39, 0.29) is 35.5 Å². The number of hydrogen-bond donors (Lipinski definition) is 2. The van der Waals surface area contributed by atoms with Crippen LogP contribution in [0.5, 0.6) is 11.5 Å². The number of amides is 1. The average Bonchev–Trinajstić information content (AvgIpc) is 3.62. The first-order chi connectivity index (χ1) is 24.7. The van der Waals surface area contributed by atoms with Crippen LogP contribution in [0.4, 0.5) is 5.69 Å². The van der Waals surface area contributed by atoms with Crippen molar-refractivity contribution in [2.75, 3.05) is 52.3 Å². The lowest BCUT2D eigenvalue weighted by molar-refractivity contribution is -0.135. The Balaban J connectivity index is 0.876. The van der Waals surface area contributed by atoms with Crippen LogP contribution in [-0.4, -0.2) is 95.0 Å². The standard InChI is InChI=1S/C39H46N6O6/c1-43-22-32(31-19-40-42-38(31)39(43)49)27-16-35(50-2)30(36(17-27)51-3)10-4-24-20-44(21-24)23-37(48)45-14-12-26(13-15-45)25-5-7-28(8-6-25)41-33-11-9-29(46)18-34(33)47/h5-8,16-17,19,22,24,26,33,41H,4,9-15,18,20-21,23H2,1-3H3,(H,40,42). The molecule has 0 spiro atoms. The number of H-pyrrole nitrogens is 1. The first-order valence-electron chi connectivity index (χ1n) is 17.9. The molecular weight excluding hydrogens is 648 g/mol. The molecule has 1 unspecified atom stereocenters. The number of hydrogen-bond acceptors (Lipinski definition) is 9. The van der Waals surface area contributed by atoms with Crippen molar-refractivity contribution < 1.29 is 23.9 Å². The van der Waals surface area contributed by atoms with Gasteiger partial charge in [0.25, 0.3) is 5.56 Å². The van der Waals surface area contributed by atoms with Gasteiger partial charge in [-0.2, -0.15) is 5.10 Å².